The molecule has 1 amide bonds. The average Bonchev–Trinajstić information content (AvgIpc) is 3.46. The van der Waals surface area contributed by atoms with E-state index in [0.29, 0.717) is 12.8 Å². The molecular weight excluding hydrogens is 1010 g/mol. The predicted octanol–water partition coefficient (Wildman–Crippen LogP) is 11.9. The molecule has 0 radical (unpaired) electrons. The topological polar surface area (TPSA) is 228 Å². The van der Waals surface area contributed by atoms with Crippen molar-refractivity contribution >= 4 is 5.91 Å². The van der Waals surface area contributed by atoms with E-state index >= 15 is 0 Å². The van der Waals surface area contributed by atoms with Gasteiger partial charge in [-0.1, -0.05) is 247 Å². The Morgan fingerprint density at radius 2 is 0.863 bits per heavy atom. The molecule has 2 rings (SSSR count). The summed E-state index contributed by atoms with van der Waals surface area (Å²) in [7, 11) is 0. The largest absolute Gasteiger partial charge is 0.394 e. The Bertz CT molecular complexity index is 1620. The lowest BCUT2D eigenvalue weighted by atomic mass is 9.97. The second kappa shape index (κ2) is 50.9. The lowest BCUT2D eigenvalue weighted by molar-refractivity contribution is -0.359. The molecule has 0 bridgehead atoms. The van der Waals surface area contributed by atoms with Crippen molar-refractivity contribution in [1.82, 2.24) is 5.32 Å². The van der Waals surface area contributed by atoms with Crippen LogP contribution in [0.15, 0.2) is 72.9 Å². The highest BCUT2D eigenvalue weighted by atomic mass is 16.7. The van der Waals surface area contributed by atoms with Gasteiger partial charge in [0.15, 0.2) is 12.6 Å². The highest BCUT2D eigenvalue weighted by Crippen LogP contribution is 2.30. The molecule has 12 unspecified atom stereocenters. The summed E-state index contributed by atoms with van der Waals surface area (Å²) in [5.41, 5.74) is 0. The summed E-state index contributed by atoms with van der Waals surface area (Å²) < 4.78 is 22.9. The van der Waals surface area contributed by atoms with Crippen LogP contribution in [0.5, 0.6) is 0 Å². The van der Waals surface area contributed by atoms with Crippen LogP contribution < -0.4 is 5.32 Å². The van der Waals surface area contributed by atoms with Crippen LogP contribution in [0, 0.1) is 0 Å². The van der Waals surface area contributed by atoms with Gasteiger partial charge in [0.05, 0.1) is 32.0 Å². The average molecular weight is 1130 g/mol. The minimum absolute atomic E-state index is 0.231. The van der Waals surface area contributed by atoms with Gasteiger partial charge in [0.2, 0.25) is 5.91 Å². The van der Waals surface area contributed by atoms with Crippen LogP contribution in [-0.4, -0.2) is 140 Å². The Kier molecular flexibility index (Phi) is 46.8. The number of carbonyl (C=O) groups excluding carboxylic acids is 1. The molecule has 464 valence electrons. The normalized spacial score (nSPS) is 24.7. The second-order valence-electron chi connectivity index (χ2n) is 22.5. The number of ether oxygens (including phenoxy) is 4. The standard InChI is InChI=1S/C66H117NO13/c1-3-5-7-9-11-13-15-17-19-21-23-25-27-29-31-33-35-37-39-41-43-45-47-49-55(70)54(53-77-65-63(76)61(74)64(57(52-69)79-65)80-66-62(75)60(73)59(72)56(51-68)78-66)67-58(71)50-48-46-44-42-40-38-36-34-32-30-28-26-24-22-20-18-16-14-12-10-8-6-4-2/h6,8,12,14,18,20,24,26,30,32,36,38,54-57,59-66,68-70,72-76H,3-5,7,9-11,13,15-17,19,21-23,25,27-29,31,33-35,37,39-53H2,1-2H3,(H,67,71)/b8-6-,14-12-,20-18-,26-24-,32-30-,38-36-. The van der Waals surface area contributed by atoms with E-state index < -0.39 is 86.8 Å². The molecule has 14 nitrogen and oxygen atoms in total. The van der Waals surface area contributed by atoms with E-state index in [-0.39, 0.29) is 18.9 Å². The van der Waals surface area contributed by atoms with Crippen LogP contribution in [-0.2, 0) is 23.7 Å². The van der Waals surface area contributed by atoms with E-state index in [4.69, 9.17) is 18.9 Å². The maximum Gasteiger partial charge on any atom is 0.220 e. The van der Waals surface area contributed by atoms with E-state index in [0.717, 1.165) is 89.9 Å². The van der Waals surface area contributed by atoms with E-state index in [2.05, 4.69) is 92.1 Å². The molecule has 2 fully saturated rings. The van der Waals surface area contributed by atoms with E-state index in [1.165, 1.54) is 122 Å². The molecule has 14 heteroatoms. The number of nitrogens with one attached hydrogen (secondary N) is 1. The molecular formula is C66H117NO13. The predicted molar refractivity (Wildman–Crippen MR) is 323 cm³/mol. The molecule has 2 saturated heterocycles. The van der Waals surface area contributed by atoms with Crippen molar-refractivity contribution in [3.63, 3.8) is 0 Å². The molecule has 80 heavy (non-hydrogen) atoms. The number of allylic oxidation sites excluding steroid dienone is 12. The lowest BCUT2D eigenvalue weighted by Crippen LogP contribution is -2.65. The zero-order chi connectivity index (χ0) is 58.1. The van der Waals surface area contributed by atoms with Crippen molar-refractivity contribution in [3.8, 4) is 0 Å². The van der Waals surface area contributed by atoms with Crippen LogP contribution >= 0.6 is 0 Å². The van der Waals surface area contributed by atoms with E-state index in [9.17, 15) is 45.6 Å². The molecule has 2 aliphatic heterocycles. The zero-order valence-electron chi connectivity index (χ0n) is 50.1. The van der Waals surface area contributed by atoms with Gasteiger partial charge in [-0.05, 0) is 64.2 Å². The van der Waals surface area contributed by atoms with Crippen molar-refractivity contribution in [1.29, 1.82) is 0 Å². The van der Waals surface area contributed by atoms with Gasteiger partial charge in [0.25, 0.3) is 0 Å². The molecule has 12 atom stereocenters. The summed E-state index contributed by atoms with van der Waals surface area (Å²) >= 11 is 0. The van der Waals surface area contributed by atoms with Gasteiger partial charge < -0.3 is 65.1 Å². The Hall–Kier alpha value is -2.57. The SMILES string of the molecule is CC/C=C\C/C=C\C/C=C\C/C=C\C/C=C\C/C=C\CCCCCCC(=O)NC(COC1OC(CO)C(OC2OC(CO)C(O)C(O)C2O)C(O)C1O)C(O)CCCCCCCCCCCCCCCCCCCCCCCCC. The van der Waals surface area contributed by atoms with Crippen molar-refractivity contribution in [2.45, 2.75) is 319 Å². The third kappa shape index (κ3) is 35.5. The number of hydrogen-bond donors (Lipinski definition) is 9. The summed E-state index contributed by atoms with van der Waals surface area (Å²) in [4.78, 5) is 13.3. The molecule has 0 saturated carbocycles. The minimum Gasteiger partial charge on any atom is -0.394 e. The smallest absolute Gasteiger partial charge is 0.220 e. The fourth-order valence-electron chi connectivity index (χ4n) is 10.3. The van der Waals surface area contributed by atoms with Gasteiger partial charge in [0, 0.05) is 6.42 Å². The van der Waals surface area contributed by atoms with Crippen LogP contribution in [0.4, 0.5) is 0 Å². The maximum absolute atomic E-state index is 13.3. The molecule has 2 heterocycles. The van der Waals surface area contributed by atoms with Crippen molar-refractivity contribution in [2.24, 2.45) is 0 Å². The Morgan fingerprint density at radius 3 is 1.32 bits per heavy atom. The summed E-state index contributed by atoms with van der Waals surface area (Å²) in [6.45, 7) is 2.75. The summed E-state index contributed by atoms with van der Waals surface area (Å²) in [6, 6.07) is -0.848. The van der Waals surface area contributed by atoms with Gasteiger partial charge >= 0.3 is 0 Å². The molecule has 0 aromatic rings. The molecule has 9 N–H and O–H groups in total. The summed E-state index contributed by atoms with van der Waals surface area (Å²) in [5, 5.41) is 87.4. The molecule has 2 aliphatic rings. The quantitative estimate of drug-likeness (QED) is 0.0204. The zero-order valence-corrected chi connectivity index (χ0v) is 50.1. The number of aliphatic hydroxyl groups excluding tert-OH is 8. The van der Waals surface area contributed by atoms with Crippen LogP contribution in [0.2, 0.25) is 0 Å². The van der Waals surface area contributed by atoms with E-state index in [1.54, 1.807) is 0 Å². The van der Waals surface area contributed by atoms with Gasteiger partial charge in [-0.3, -0.25) is 4.79 Å². The molecule has 0 aromatic heterocycles. The first-order valence-electron chi connectivity index (χ1n) is 32.2. The van der Waals surface area contributed by atoms with Crippen LogP contribution in [0.3, 0.4) is 0 Å². The lowest BCUT2D eigenvalue weighted by Gasteiger charge is -2.46. The minimum atomic E-state index is -1.79. The summed E-state index contributed by atoms with van der Waals surface area (Å²) in [5.74, 6) is -0.231. The number of rotatable bonds is 51. The van der Waals surface area contributed by atoms with Gasteiger partial charge in [-0.2, -0.15) is 0 Å². The summed E-state index contributed by atoms with van der Waals surface area (Å²) in [6.07, 6.45) is 50.4. The van der Waals surface area contributed by atoms with Crippen molar-refractivity contribution < 1.29 is 64.6 Å². The third-order valence-electron chi connectivity index (χ3n) is 15.4. The van der Waals surface area contributed by atoms with Gasteiger partial charge in [0.1, 0.15) is 48.8 Å². The Labute approximate surface area is 485 Å². The fraction of sp³-hybridized carbons (Fsp3) is 0.803. The first-order valence-corrected chi connectivity index (χ1v) is 32.2. The highest BCUT2D eigenvalue weighted by molar-refractivity contribution is 5.76. The van der Waals surface area contributed by atoms with Gasteiger partial charge in [-0.25, -0.2) is 0 Å². The molecule has 0 spiro atoms. The maximum atomic E-state index is 13.3. The van der Waals surface area contributed by atoms with Crippen LogP contribution in [0.25, 0.3) is 0 Å². The monoisotopic (exact) mass is 1130 g/mol. The first-order chi connectivity index (χ1) is 39.1. The number of unbranched alkanes of at least 4 members (excludes halogenated alkanes) is 26. The first kappa shape index (κ1) is 73.5. The number of carbonyl (C=O) groups is 1. The van der Waals surface area contributed by atoms with Crippen molar-refractivity contribution in [3.05, 3.63) is 72.9 Å². The Morgan fingerprint density at radius 1 is 0.463 bits per heavy atom. The molecule has 0 aliphatic carbocycles. The number of amides is 1. The van der Waals surface area contributed by atoms with Crippen molar-refractivity contribution in [2.75, 3.05) is 19.8 Å². The fourth-order valence-corrected chi connectivity index (χ4v) is 10.3. The Balaban J connectivity index is 1.74. The van der Waals surface area contributed by atoms with E-state index in [1.807, 2.05) is 0 Å². The molecule has 0 aromatic carbocycles. The second-order valence-corrected chi connectivity index (χ2v) is 22.5. The highest BCUT2D eigenvalue weighted by Gasteiger charge is 2.51. The number of hydrogen-bond acceptors (Lipinski definition) is 13. The number of aliphatic hydroxyl groups is 8. The van der Waals surface area contributed by atoms with Crippen LogP contribution in [0.1, 0.15) is 245 Å². The third-order valence-corrected chi connectivity index (χ3v) is 15.4. The van der Waals surface area contributed by atoms with Gasteiger partial charge in [-0.15, -0.1) is 0 Å².